The summed E-state index contributed by atoms with van der Waals surface area (Å²) in [5.41, 5.74) is 0. The molecular weight excluding hydrogens is 320 g/mol. The molecule has 0 saturated carbocycles. The van der Waals surface area contributed by atoms with Gasteiger partial charge >= 0.3 is 0 Å². The number of fused-ring (bicyclic) bond motifs is 1. The number of nitrogens with one attached hydrogen (secondary N) is 1. The van der Waals surface area contributed by atoms with Gasteiger partial charge in [0.15, 0.2) is 0 Å². The summed E-state index contributed by atoms with van der Waals surface area (Å²) in [4.78, 5) is 18.1. The van der Waals surface area contributed by atoms with Gasteiger partial charge in [0.2, 0.25) is 5.95 Å². The van der Waals surface area contributed by atoms with Crippen LogP contribution in [0.25, 0.3) is 10.1 Å². The van der Waals surface area contributed by atoms with Crippen LogP contribution in [0.3, 0.4) is 0 Å². The zero-order chi connectivity index (χ0) is 16.4. The molecule has 0 atom stereocenters. The number of thiophene rings is 1. The number of hydrogen-bond donors (Lipinski definition) is 1. The first kappa shape index (κ1) is 15.1. The second-order valence-electron chi connectivity index (χ2n) is 5.71. The van der Waals surface area contributed by atoms with Crippen molar-refractivity contribution in [3.8, 4) is 0 Å². The van der Waals surface area contributed by atoms with Crippen LogP contribution in [0.4, 0.5) is 17.6 Å². The van der Waals surface area contributed by atoms with Gasteiger partial charge in [0.05, 0.1) is 0 Å². The fourth-order valence-electron chi connectivity index (χ4n) is 3.05. The fraction of sp³-hybridized carbons (Fsp3) is 0.353. The molecule has 124 valence electrons. The molecule has 3 aromatic heterocycles. The smallest absolute Gasteiger partial charge is 0.224 e. The minimum absolute atomic E-state index is 0.696. The number of piperazine rings is 1. The molecule has 0 aromatic carbocycles. The van der Waals surface area contributed by atoms with Crippen LogP contribution < -0.4 is 15.1 Å². The Balaban J connectivity index is 1.49. The van der Waals surface area contributed by atoms with E-state index in [0.29, 0.717) is 5.95 Å². The molecule has 0 bridgehead atoms. The minimum Gasteiger partial charge on any atom is -0.354 e. The Morgan fingerprint density at radius 1 is 1.04 bits per heavy atom. The Morgan fingerprint density at radius 3 is 2.67 bits per heavy atom. The van der Waals surface area contributed by atoms with Crippen molar-refractivity contribution < 1.29 is 0 Å². The summed E-state index contributed by atoms with van der Waals surface area (Å²) in [6.07, 6.45) is 3.73. The van der Waals surface area contributed by atoms with Crippen molar-refractivity contribution in [1.82, 2.24) is 15.0 Å². The first-order valence-corrected chi connectivity index (χ1v) is 9.12. The summed E-state index contributed by atoms with van der Waals surface area (Å²) in [6.45, 7) is 6.64. The van der Waals surface area contributed by atoms with Crippen LogP contribution in [0, 0.1) is 0 Å². The SMILES string of the molecule is CCNc1nccc(N2CCN(c3nccc4sccc34)CC2)n1. The van der Waals surface area contributed by atoms with E-state index in [1.165, 1.54) is 10.1 Å². The average molecular weight is 340 g/mol. The third-order valence-electron chi connectivity index (χ3n) is 4.24. The van der Waals surface area contributed by atoms with E-state index in [-0.39, 0.29) is 0 Å². The van der Waals surface area contributed by atoms with Crippen LogP contribution in [-0.4, -0.2) is 47.7 Å². The van der Waals surface area contributed by atoms with Gasteiger partial charge in [-0.2, -0.15) is 4.98 Å². The second-order valence-corrected chi connectivity index (χ2v) is 6.66. The summed E-state index contributed by atoms with van der Waals surface area (Å²) < 4.78 is 1.30. The zero-order valence-electron chi connectivity index (χ0n) is 13.6. The lowest BCUT2D eigenvalue weighted by Crippen LogP contribution is -2.47. The molecule has 7 heteroatoms. The van der Waals surface area contributed by atoms with Crippen LogP contribution in [-0.2, 0) is 0 Å². The van der Waals surface area contributed by atoms with Gasteiger partial charge in [0.25, 0.3) is 0 Å². The van der Waals surface area contributed by atoms with Crippen LogP contribution in [0.5, 0.6) is 0 Å². The third-order valence-corrected chi connectivity index (χ3v) is 5.12. The van der Waals surface area contributed by atoms with E-state index < -0.39 is 0 Å². The molecule has 0 radical (unpaired) electrons. The molecule has 0 spiro atoms. The summed E-state index contributed by atoms with van der Waals surface area (Å²) in [5, 5.41) is 6.56. The Labute approximate surface area is 145 Å². The Kier molecular flexibility index (Phi) is 4.17. The largest absolute Gasteiger partial charge is 0.354 e. The lowest BCUT2D eigenvalue weighted by atomic mass is 10.2. The Bertz CT molecular complexity index is 825. The third kappa shape index (κ3) is 2.87. The molecule has 0 unspecified atom stereocenters. The second kappa shape index (κ2) is 6.60. The standard InChI is InChI=1S/C17H20N6S/c1-2-18-17-20-7-4-15(21-17)22-8-10-23(11-9-22)16-13-5-12-24-14(13)3-6-19-16/h3-7,12H,2,8-11H2,1H3,(H,18,20,21). The van der Waals surface area contributed by atoms with Gasteiger partial charge in [0, 0.05) is 55.2 Å². The minimum atomic E-state index is 0.696. The molecule has 0 aliphatic carbocycles. The van der Waals surface area contributed by atoms with E-state index in [1.807, 2.05) is 25.4 Å². The molecule has 6 nitrogen and oxygen atoms in total. The van der Waals surface area contributed by atoms with Crippen molar-refractivity contribution >= 4 is 39.0 Å². The first-order valence-electron chi connectivity index (χ1n) is 8.24. The molecule has 1 aliphatic heterocycles. The predicted molar refractivity (Wildman–Crippen MR) is 100 cm³/mol. The molecule has 0 amide bonds. The van der Waals surface area contributed by atoms with Gasteiger partial charge in [0.1, 0.15) is 11.6 Å². The van der Waals surface area contributed by atoms with Crippen molar-refractivity contribution in [3.05, 3.63) is 36.0 Å². The number of hydrogen-bond acceptors (Lipinski definition) is 7. The molecule has 1 N–H and O–H groups in total. The van der Waals surface area contributed by atoms with Crippen molar-refractivity contribution in [2.24, 2.45) is 0 Å². The lowest BCUT2D eigenvalue weighted by Gasteiger charge is -2.36. The maximum atomic E-state index is 4.62. The highest BCUT2D eigenvalue weighted by Crippen LogP contribution is 2.29. The number of pyridine rings is 1. The van der Waals surface area contributed by atoms with Gasteiger partial charge in [-0.1, -0.05) is 0 Å². The summed E-state index contributed by atoms with van der Waals surface area (Å²) >= 11 is 1.77. The first-order chi connectivity index (χ1) is 11.8. The number of anilines is 3. The number of rotatable bonds is 4. The van der Waals surface area contributed by atoms with E-state index in [0.717, 1.165) is 44.4 Å². The average Bonchev–Trinajstić information content (AvgIpc) is 3.11. The molecule has 3 aromatic rings. The summed E-state index contributed by atoms with van der Waals surface area (Å²) in [7, 11) is 0. The van der Waals surface area contributed by atoms with Gasteiger partial charge < -0.3 is 15.1 Å². The van der Waals surface area contributed by atoms with Gasteiger partial charge in [-0.3, -0.25) is 0 Å². The van der Waals surface area contributed by atoms with E-state index in [4.69, 9.17) is 0 Å². The number of nitrogens with zero attached hydrogens (tertiary/aromatic N) is 5. The van der Waals surface area contributed by atoms with E-state index >= 15 is 0 Å². The quantitative estimate of drug-likeness (QED) is 0.788. The monoisotopic (exact) mass is 340 g/mol. The predicted octanol–water partition coefficient (Wildman–Crippen LogP) is 2.84. The molecule has 24 heavy (non-hydrogen) atoms. The van der Waals surface area contributed by atoms with Crippen molar-refractivity contribution in [2.75, 3.05) is 47.8 Å². The highest BCUT2D eigenvalue weighted by Gasteiger charge is 2.21. The molecule has 4 rings (SSSR count). The van der Waals surface area contributed by atoms with Crippen molar-refractivity contribution in [3.63, 3.8) is 0 Å². The van der Waals surface area contributed by atoms with Crippen LogP contribution in [0.1, 0.15) is 6.92 Å². The van der Waals surface area contributed by atoms with Crippen LogP contribution in [0.15, 0.2) is 36.0 Å². The highest BCUT2D eigenvalue weighted by atomic mass is 32.1. The Hall–Kier alpha value is -2.41. The fourth-order valence-corrected chi connectivity index (χ4v) is 3.82. The van der Waals surface area contributed by atoms with Gasteiger partial charge in [-0.15, -0.1) is 11.3 Å². The normalized spacial score (nSPS) is 15.0. The van der Waals surface area contributed by atoms with E-state index in [9.17, 15) is 0 Å². The highest BCUT2D eigenvalue weighted by molar-refractivity contribution is 7.17. The van der Waals surface area contributed by atoms with Gasteiger partial charge in [-0.25, -0.2) is 9.97 Å². The lowest BCUT2D eigenvalue weighted by molar-refractivity contribution is 0.643. The van der Waals surface area contributed by atoms with Crippen molar-refractivity contribution in [1.29, 1.82) is 0 Å². The summed E-state index contributed by atoms with van der Waals surface area (Å²) in [5.74, 6) is 2.79. The molecule has 1 saturated heterocycles. The topological polar surface area (TPSA) is 57.2 Å². The number of aromatic nitrogens is 3. The van der Waals surface area contributed by atoms with E-state index in [1.54, 1.807) is 11.3 Å². The van der Waals surface area contributed by atoms with E-state index in [2.05, 4.69) is 47.6 Å². The molecule has 1 aliphatic rings. The summed E-state index contributed by atoms with van der Waals surface area (Å²) in [6, 6.07) is 6.24. The van der Waals surface area contributed by atoms with Crippen LogP contribution in [0.2, 0.25) is 0 Å². The zero-order valence-corrected chi connectivity index (χ0v) is 14.5. The molecular formula is C17H20N6S. The molecule has 1 fully saturated rings. The maximum Gasteiger partial charge on any atom is 0.224 e. The van der Waals surface area contributed by atoms with Crippen molar-refractivity contribution in [2.45, 2.75) is 6.92 Å². The van der Waals surface area contributed by atoms with Gasteiger partial charge in [-0.05, 0) is 30.5 Å². The maximum absolute atomic E-state index is 4.62. The van der Waals surface area contributed by atoms with Crippen LogP contribution >= 0.6 is 11.3 Å². The molecule has 4 heterocycles. The Morgan fingerprint density at radius 2 is 1.83 bits per heavy atom.